The standard InChI is InChI=1S/C16H13N5O2S2/c17-25(22,23)12-5-3-11(4-6-12)20-16-19-8-10-9-24-15-13(14(10)21-16)2-1-7-18-15/h1-8H,9H2,(H2,17,22,23)(H,19,20,21). The van der Waals surface area contributed by atoms with Gasteiger partial charge in [0.2, 0.25) is 16.0 Å². The van der Waals surface area contributed by atoms with Crippen LogP contribution in [0, 0.1) is 0 Å². The summed E-state index contributed by atoms with van der Waals surface area (Å²) < 4.78 is 22.6. The minimum absolute atomic E-state index is 0.0569. The minimum Gasteiger partial charge on any atom is -0.324 e. The molecule has 25 heavy (non-hydrogen) atoms. The molecule has 1 aromatic carbocycles. The van der Waals surface area contributed by atoms with Crippen molar-refractivity contribution in [3.8, 4) is 11.3 Å². The van der Waals surface area contributed by atoms with E-state index >= 15 is 0 Å². The van der Waals surface area contributed by atoms with Crippen LogP contribution in [-0.2, 0) is 15.8 Å². The molecule has 0 radical (unpaired) electrons. The van der Waals surface area contributed by atoms with Gasteiger partial charge in [0, 0.05) is 35.0 Å². The third-order valence-corrected chi connectivity index (χ3v) is 5.68. The predicted octanol–water partition coefficient (Wildman–Crippen LogP) is 2.54. The Morgan fingerprint density at radius 2 is 1.92 bits per heavy atom. The Morgan fingerprint density at radius 1 is 1.12 bits per heavy atom. The number of fused-ring (bicyclic) bond motifs is 3. The molecule has 0 atom stereocenters. The molecular weight excluding hydrogens is 358 g/mol. The zero-order valence-corrected chi connectivity index (χ0v) is 14.5. The summed E-state index contributed by atoms with van der Waals surface area (Å²) in [6.07, 6.45) is 3.57. The number of rotatable bonds is 3. The summed E-state index contributed by atoms with van der Waals surface area (Å²) in [7, 11) is -3.71. The van der Waals surface area contributed by atoms with Crippen molar-refractivity contribution in [2.24, 2.45) is 5.14 Å². The van der Waals surface area contributed by atoms with Gasteiger partial charge in [-0.2, -0.15) is 0 Å². The molecule has 2 aromatic heterocycles. The second-order valence-corrected chi connectivity index (χ2v) is 7.93. The monoisotopic (exact) mass is 371 g/mol. The van der Waals surface area contributed by atoms with Crippen LogP contribution in [-0.4, -0.2) is 23.4 Å². The molecule has 0 bridgehead atoms. The van der Waals surface area contributed by atoms with E-state index in [-0.39, 0.29) is 4.90 Å². The van der Waals surface area contributed by atoms with E-state index in [0.717, 1.165) is 27.6 Å². The highest BCUT2D eigenvalue weighted by molar-refractivity contribution is 7.98. The lowest BCUT2D eigenvalue weighted by Gasteiger charge is -2.17. The van der Waals surface area contributed by atoms with Crippen molar-refractivity contribution in [3.63, 3.8) is 0 Å². The fourth-order valence-corrected chi connectivity index (χ4v) is 3.97. The maximum absolute atomic E-state index is 11.3. The first-order valence-corrected chi connectivity index (χ1v) is 9.88. The van der Waals surface area contributed by atoms with E-state index in [2.05, 4.69) is 20.3 Å². The average Bonchev–Trinajstić information content (AvgIpc) is 2.61. The number of benzene rings is 1. The fourth-order valence-electron chi connectivity index (χ4n) is 2.50. The van der Waals surface area contributed by atoms with Crippen molar-refractivity contribution in [2.75, 3.05) is 5.32 Å². The van der Waals surface area contributed by atoms with Crippen LogP contribution < -0.4 is 10.5 Å². The third kappa shape index (κ3) is 3.21. The molecular formula is C16H13N5O2S2. The smallest absolute Gasteiger partial charge is 0.238 e. The SMILES string of the molecule is NS(=O)(=O)c1ccc(Nc2ncc3c(n2)-c2cccnc2SC3)cc1. The molecule has 0 saturated heterocycles. The Labute approximate surface area is 148 Å². The molecule has 0 amide bonds. The van der Waals surface area contributed by atoms with Gasteiger partial charge in [-0.05, 0) is 36.4 Å². The van der Waals surface area contributed by atoms with E-state index in [1.54, 1.807) is 36.3 Å². The van der Waals surface area contributed by atoms with Gasteiger partial charge in [0.25, 0.3) is 0 Å². The van der Waals surface area contributed by atoms with E-state index < -0.39 is 10.0 Å². The van der Waals surface area contributed by atoms with E-state index in [0.29, 0.717) is 11.6 Å². The van der Waals surface area contributed by atoms with E-state index in [1.165, 1.54) is 12.1 Å². The number of anilines is 2. The first kappa shape index (κ1) is 16.0. The molecule has 0 spiro atoms. The summed E-state index contributed by atoms with van der Waals surface area (Å²) in [6, 6.07) is 9.99. The molecule has 4 rings (SSSR count). The molecule has 7 nitrogen and oxygen atoms in total. The normalized spacial score (nSPS) is 13.0. The molecule has 126 valence electrons. The van der Waals surface area contributed by atoms with E-state index in [4.69, 9.17) is 5.14 Å². The van der Waals surface area contributed by atoms with Gasteiger partial charge in [0.15, 0.2) is 0 Å². The number of sulfonamides is 1. The topological polar surface area (TPSA) is 111 Å². The van der Waals surface area contributed by atoms with Crippen LogP contribution in [0.4, 0.5) is 11.6 Å². The van der Waals surface area contributed by atoms with Crippen LogP contribution in [0.1, 0.15) is 5.56 Å². The van der Waals surface area contributed by atoms with Crippen molar-refractivity contribution in [1.82, 2.24) is 15.0 Å². The Bertz CT molecular complexity index is 1050. The molecule has 0 aliphatic carbocycles. The second-order valence-electron chi connectivity index (χ2n) is 5.41. The van der Waals surface area contributed by atoms with Crippen LogP contribution in [0.3, 0.4) is 0 Å². The van der Waals surface area contributed by atoms with Gasteiger partial charge in [0.1, 0.15) is 5.03 Å². The number of nitrogens with two attached hydrogens (primary N) is 1. The number of hydrogen-bond donors (Lipinski definition) is 2. The second kappa shape index (κ2) is 6.10. The molecule has 1 aliphatic heterocycles. The molecule has 9 heteroatoms. The number of thioether (sulfide) groups is 1. The van der Waals surface area contributed by atoms with Crippen LogP contribution in [0.25, 0.3) is 11.3 Å². The summed E-state index contributed by atoms with van der Waals surface area (Å²) in [6.45, 7) is 0. The Hall–Kier alpha value is -2.49. The summed E-state index contributed by atoms with van der Waals surface area (Å²) >= 11 is 1.66. The molecule has 0 fully saturated rings. The van der Waals surface area contributed by atoms with Crippen molar-refractivity contribution >= 4 is 33.4 Å². The zero-order chi connectivity index (χ0) is 17.4. The Balaban J connectivity index is 1.65. The van der Waals surface area contributed by atoms with Crippen molar-refractivity contribution in [1.29, 1.82) is 0 Å². The summed E-state index contributed by atoms with van der Waals surface area (Å²) in [4.78, 5) is 13.4. The summed E-state index contributed by atoms with van der Waals surface area (Å²) in [5.74, 6) is 1.21. The van der Waals surface area contributed by atoms with Crippen LogP contribution >= 0.6 is 11.8 Å². The maximum Gasteiger partial charge on any atom is 0.238 e. The molecule has 0 saturated carbocycles. The Kier molecular flexibility index (Phi) is 3.91. The summed E-state index contributed by atoms with van der Waals surface area (Å²) in [5, 5.41) is 9.13. The van der Waals surface area contributed by atoms with Crippen LogP contribution in [0.15, 0.2) is 58.7 Å². The number of nitrogens with zero attached hydrogens (tertiary/aromatic N) is 3. The van der Waals surface area contributed by atoms with Crippen molar-refractivity contribution in [2.45, 2.75) is 15.7 Å². The zero-order valence-electron chi connectivity index (χ0n) is 12.9. The van der Waals surface area contributed by atoms with Crippen LogP contribution in [0.5, 0.6) is 0 Å². The molecule has 3 heterocycles. The van der Waals surface area contributed by atoms with Crippen molar-refractivity contribution < 1.29 is 8.42 Å². The highest BCUT2D eigenvalue weighted by Crippen LogP contribution is 2.38. The number of aromatic nitrogens is 3. The van der Waals surface area contributed by atoms with Gasteiger partial charge in [-0.1, -0.05) is 0 Å². The lowest BCUT2D eigenvalue weighted by Crippen LogP contribution is -2.11. The number of nitrogens with one attached hydrogen (secondary N) is 1. The number of primary sulfonamides is 1. The van der Waals surface area contributed by atoms with Crippen LogP contribution in [0.2, 0.25) is 0 Å². The Morgan fingerprint density at radius 3 is 2.68 bits per heavy atom. The third-order valence-electron chi connectivity index (χ3n) is 3.69. The van der Waals surface area contributed by atoms with E-state index in [9.17, 15) is 8.42 Å². The van der Waals surface area contributed by atoms with Crippen molar-refractivity contribution in [3.05, 3.63) is 54.4 Å². The van der Waals surface area contributed by atoms with E-state index in [1.807, 2.05) is 12.1 Å². The molecule has 3 aromatic rings. The lowest BCUT2D eigenvalue weighted by molar-refractivity contribution is 0.598. The quantitative estimate of drug-likeness (QED) is 0.728. The number of hydrogen-bond acceptors (Lipinski definition) is 7. The lowest BCUT2D eigenvalue weighted by atomic mass is 10.1. The largest absolute Gasteiger partial charge is 0.324 e. The van der Waals surface area contributed by atoms with Gasteiger partial charge in [-0.25, -0.2) is 28.5 Å². The molecule has 3 N–H and O–H groups in total. The highest BCUT2D eigenvalue weighted by atomic mass is 32.2. The van der Waals surface area contributed by atoms with Gasteiger partial charge < -0.3 is 5.32 Å². The minimum atomic E-state index is -3.71. The maximum atomic E-state index is 11.3. The number of pyridine rings is 1. The predicted molar refractivity (Wildman–Crippen MR) is 95.9 cm³/mol. The van der Waals surface area contributed by atoms with Gasteiger partial charge in [0.05, 0.1) is 10.6 Å². The van der Waals surface area contributed by atoms with Gasteiger partial charge in [-0.15, -0.1) is 11.8 Å². The van der Waals surface area contributed by atoms with Gasteiger partial charge >= 0.3 is 0 Å². The first-order valence-electron chi connectivity index (χ1n) is 7.35. The fraction of sp³-hybridized carbons (Fsp3) is 0.0625. The van der Waals surface area contributed by atoms with Gasteiger partial charge in [-0.3, -0.25) is 0 Å². The highest BCUT2D eigenvalue weighted by Gasteiger charge is 2.19. The first-order chi connectivity index (χ1) is 12.0. The molecule has 1 aliphatic rings. The average molecular weight is 371 g/mol. The molecule has 0 unspecified atom stereocenters. The summed E-state index contributed by atoms with van der Waals surface area (Å²) in [5.41, 5.74) is 3.58.